The summed E-state index contributed by atoms with van der Waals surface area (Å²) in [6.45, 7) is 89.7. The minimum atomic E-state index is 0.327. The van der Waals surface area contributed by atoms with Crippen LogP contribution >= 0.6 is 0 Å². The van der Waals surface area contributed by atoms with Crippen molar-refractivity contribution in [1.82, 2.24) is 54.3 Å². The van der Waals surface area contributed by atoms with Crippen LogP contribution in [0.15, 0.2) is 0 Å². The van der Waals surface area contributed by atoms with Crippen LogP contribution in [0, 0.1) is 39.4 Å². The molecule has 0 amide bonds. The highest BCUT2D eigenvalue weighted by Crippen LogP contribution is 2.53. The van der Waals surface area contributed by atoms with Crippen molar-refractivity contribution in [3.8, 4) is 0 Å². The molecule has 17 heterocycles. The van der Waals surface area contributed by atoms with Gasteiger partial charge in [-0.05, 0) is 428 Å². The third-order valence-corrected chi connectivity index (χ3v) is 32.4. The molecule has 114 heavy (non-hydrogen) atoms. The second-order valence-electron chi connectivity index (χ2n) is 50.8. The molecule has 21 aliphatic rings. The highest BCUT2D eigenvalue weighted by atomic mass is 16.5. The first-order valence-corrected chi connectivity index (χ1v) is 48.8. The standard InChI is InChI=1S/C14H27N.C12H24N2.C12H23N.C11H21NO.C11H21N.C10H20N2.2C10H19NO.C10H19N/c1-5-12-11-14(7-6-8-14)9-10-15(12)13(2,3)4;1-11(2,3)14-7-5-12(6-8-14)9-13(4)10-12;1-11(2,3)13-9-5-8-12(10-13)6-4-7-12;1-10(2,3)12-6-4-11(5-7-12)8-13-9-11;1-11(2,3)12-8-9-4-6-10(12)7-5-9;1-10(2,3)12-6-8-4-5-9(7-12)11-8;1-10(2,3)11-6-9-5-4-8(11)7-12-9;1-10(2,3)11-8-4-5-9(11)7-12-6-8;1-10(2,3)11-6-8-4-9(5-8)7-11/h12H,5-11H2,1-4H3;5-10H2,1-4H3;4-10H2,1-3H3;4-9H2,1-3H3;9-10H,4-8H2,1-3H3;8-9,11H,4-7H2,1-3H3;2*8-9H,4-7H2,1-3H3;8-9H,4-7H2,1-3H3. The quantitative estimate of drug-likeness (QED) is 0.271. The monoisotopic (exact) mass is 1600 g/mol. The normalized spacial score (nSPS) is 33.7. The topological polar surface area (TPSA) is 72.1 Å². The predicted molar refractivity (Wildman–Crippen MR) is 487 cm³/mol. The van der Waals surface area contributed by atoms with Crippen molar-refractivity contribution in [2.75, 3.05) is 138 Å². The Kier molecular flexibility index (Phi) is 32.0. The van der Waals surface area contributed by atoms with E-state index < -0.39 is 0 Å². The molecule has 0 aromatic heterocycles. The summed E-state index contributed by atoms with van der Waals surface area (Å²) in [6.07, 6.45) is 39.2. The highest BCUT2D eigenvalue weighted by molar-refractivity contribution is 5.04. The third kappa shape index (κ3) is 26.0. The van der Waals surface area contributed by atoms with Crippen molar-refractivity contribution < 1.29 is 14.2 Å². The zero-order valence-electron chi connectivity index (χ0n) is 81.3. The second-order valence-corrected chi connectivity index (χ2v) is 50.8. The first kappa shape index (κ1) is 95.7. The van der Waals surface area contributed by atoms with Gasteiger partial charge in [-0.15, -0.1) is 0 Å². The predicted octanol–water partition coefficient (Wildman–Crippen LogP) is 19.9. The van der Waals surface area contributed by atoms with E-state index in [0.29, 0.717) is 84.9 Å². The van der Waals surface area contributed by atoms with Gasteiger partial charge in [0.05, 0.1) is 39.1 Å². The molecule has 0 radical (unpaired) electrons. The van der Waals surface area contributed by atoms with Gasteiger partial charge in [0.15, 0.2) is 0 Å². The number of ether oxygens (including phenoxy) is 3. The number of hydrogen-bond acceptors (Lipinski definition) is 14. The summed E-state index contributed by atoms with van der Waals surface area (Å²) in [7, 11) is 2.24. The van der Waals surface area contributed by atoms with E-state index >= 15 is 0 Å². The maximum atomic E-state index is 5.66. The summed E-state index contributed by atoms with van der Waals surface area (Å²) in [4.78, 5) is 26.4. The number of piperazine rings is 1. The molecular weight excluding hydrogens is 1400 g/mol. The third-order valence-electron chi connectivity index (χ3n) is 32.4. The Morgan fingerprint density at radius 3 is 1.08 bits per heavy atom. The van der Waals surface area contributed by atoms with Gasteiger partial charge in [-0.3, -0.25) is 44.1 Å². The van der Waals surface area contributed by atoms with Crippen molar-refractivity contribution in [1.29, 1.82) is 0 Å². The molecule has 14 nitrogen and oxygen atoms in total. The van der Waals surface area contributed by atoms with Crippen LogP contribution in [0.4, 0.5) is 0 Å². The Labute approximate surface area is 707 Å². The maximum absolute atomic E-state index is 5.66. The molecule has 7 unspecified atom stereocenters. The molecule has 1 N–H and O–H groups in total. The Hall–Kier alpha value is -0.560. The van der Waals surface area contributed by atoms with E-state index in [0.717, 1.165) is 92.3 Å². The molecule has 4 saturated carbocycles. The van der Waals surface area contributed by atoms with E-state index in [1.165, 1.54) is 265 Å². The molecule has 0 aromatic rings. The number of hydrogen-bond donors (Lipinski definition) is 1. The number of nitrogens with zero attached hydrogens (tertiary/aromatic N) is 10. The Morgan fingerprint density at radius 2 is 0.754 bits per heavy atom. The lowest BCUT2D eigenvalue weighted by atomic mass is 9.61. The maximum Gasteiger partial charge on any atom is 0.0703 e. The summed E-state index contributed by atoms with van der Waals surface area (Å²) in [5, 5.41) is 3.65. The smallest absolute Gasteiger partial charge is 0.0703 e. The average molecular weight is 1600 g/mol. The van der Waals surface area contributed by atoms with Crippen LogP contribution in [0.25, 0.3) is 0 Å². The fraction of sp³-hybridized carbons (Fsp3) is 1.00. The van der Waals surface area contributed by atoms with Crippen LogP contribution in [0.1, 0.15) is 367 Å². The van der Waals surface area contributed by atoms with Gasteiger partial charge in [0.1, 0.15) is 0 Å². The van der Waals surface area contributed by atoms with E-state index in [1.807, 2.05) is 0 Å². The zero-order chi connectivity index (χ0) is 83.7. The molecule has 14 heteroatoms. The van der Waals surface area contributed by atoms with Gasteiger partial charge in [-0.2, -0.15) is 0 Å². The van der Waals surface area contributed by atoms with Crippen LogP contribution in [0.5, 0.6) is 0 Å². The summed E-state index contributed by atoms with van der Waals surface area (Å²) < 4.78 is 16.5. The van der Waals surface area contributed by atoms with E-state index in [9.17, 15) is 0 Å². The van der Waals surface area contributed by atoms with Crippen LogP contribution in [-0.4, -0.2) is 285 Å². The molecule has 21 fully saturated rings. The number of likely N-dealkylation sites (tertiary alicyclic amines) is 6. The summed E-state index contributed by atoms with van der Waals surface area (Å²) in [6, 6.07) is 5.41. The lowest BCUT2D eigenvalue weighted by Gasteiger charge is -2.55. The van der Waals surface area contributed by atoms with Crippen LogP contribution in [0.3, 0.4) is 0 Å². The lowest BCUT2D eigenvalue weighted by Crippen LogP contribution is -2.60. The van der Waals surface area contributed by atoms with E-state index in [4.69, 9.17) is 14.2 Å². The van der Waals surface area contributed by atoms with Gasteiger partial charge in [-0.25, -0.2) is 0 Å². The van der Waals surface area contributed by atoms with Crippen LogP contribution in [-0.2, 0) is 14.2 Å². The minimum Gasteiger partial charge on any atom is -0.380 e. The average Bonchev–Trinajstić information content (AvgIpc) is 1.15. The van der Waals surface area contributed by atoms with Gasteiger partial charge in [-0.1, -0.05) is 19.8 Å². The van der Waals surface area contributed by atoms with Crippen molar-refractivity contribution in [3.63, 3.8) is 0 Å². The molecule has 7 atom stereocenters. The van der Waals surface area contributed by atoms with Gasteiger partial charge < -0.3 is 24.4 Å². The molecule has 17 saturated heterocycles. The van der Waals surface area contributed by atoms with Crippen LogP contribution in [0.2, 0.25) is 0 Å². The van der Waals surface area contributed by atoms with Crippen molar-refractivity contribution >= 4 is 0 Å². The Bertz CT molecular complexity index is 2740. The molecule has 4 spiro atoms. The SMILES string of the molecule is CC(C)(C)N1C2CCC1COC2.CC(C)(C)N1CC2CC(C2)C1.CC(C)(C)N1CC2CCC(C1)N2.CC(C)(C)N1CC2CCC1CC2.CC(C)(C)N1CC2CCC1CO2.CC(C)(C)N1CCC2(CC1)COC2.CC(C)(C)N1CCCC2(CCC2)C1.CCC1CC2(CCC2)CCN1C(C)(C)C.CN1CC2(CCN(C(C)(C)C)CC2)C1. The van der Waals surface area contributed by atoms with Gasteiger partial charge in [0.25, 0.3) is 0 Å². The molecule has 21 rings (SSSR count). The number of morpholine rings is 2. The van der Waals surface area contributed by atoms with Gasteiger partial charge >= 0.3 is 0 Å². The fourth-order valence-electron chi connectivity index (χ4n) is 24.6. The summed E-state index contributed by atoms with van der Waals surface area (Å²) in [5.41, 5.74) is 6.15. The number of piperidine rings is 9. The summed E-state index contributed by atoms with van der Waals surface area (Å²) in [5.74, 6) is 3.12. The van der Waals surface area contributed by atoms with Crippen molar-refractivity contribution in [2.45, 2.75) is 465 Å². The zero-order valence-corrected chi connectivity index (χ0v) is 81.3. The van der Waals surface area contributed by atoms with E-state index in [1.54, 1.807) is 0 Å². The molecule has 666 valence electrons. The molecular formula is C100H193N11O3. The molecule has 4 aliphatic carbocycles. The largest absolute Gasteiger partial charge is 0.380 e. The van der Waals surface area contributed by atoms with E-state index in [2.05, 4.69) is 255 Å². The Morgan fingerprint density at radius 1 is 0.325 bits per heavy atom. The highest BCUT2D eigenvalue weighted by Gasteiger charge is 2.50. The molecule has 10 bridgehead atoms. The first-order valence-electron chi connectivity index (χ1n) is 48.8. The molecule has 17 aliphatic heterocycles. The number of rotatable bonds is 1. The van der Waals surface area contributed by atoms with Gasteiger partial charge in [0.2, 0.25) is 0 Å². The second kappa shape index (κ2) is 38.1. The minimum absolute atomic E-state index is 0.327. The van der Waals surface area contributed by atoms with Crippen molar-refractivity contribution in [3.05, 3.63) is 0 Å². The van der Waals surface area contributed by atoms with E-state index in [-0.39, 0.29) is 0 Å². The number of nitrogens with one attached hydrogen (secondary N) is 1. The first-order chi connectivity index (χ1) is 52.8. The lowest BCUT2D eigenvalue weighted by molar-refractivity contribution is -0.145. The Balaban J connectivity index is 0.000000136. The van der Waals surface area contributed by atoms with Gasteiger partial charge in [0, 0.05) is 156 Å². The molecule has 0 aromatic carbocycles. The fourth-order valence-corrected chi connectivity index (χ4v) is 24.6. The van der Waals surface area contributed by atoms with Crippen molar-refractivity contribution in [2.24, 2.45) is 39.4 Å². The van der Waals surface area contributed by atoms with Crippen LogP contribution < -0.4 is 5.32 Å². The summed E-state index contributed by atoms with van der Waals surface area (Å²) >= 11 is 0. The number of fused-ring (bicyclic) bond motifs is 12.